The summed E-state index contributed by atoms with van der Waals surface area (Å²) in [6.07, 6.45) is 0. The maximum atomic E-state index is 12.7. The molecule has 1 aliphatic heterocycles. The number of amides is 2. The summed E-state index contributed by atoms with van der Waals surface area (Å²) in [6, 6.07) is 10.7. The molecule has 1 saturated heterocycles. The number of urea groups is 1. The Hall–Kier alpha value is -1.07. The van der Waals surface area contributed by atoms with E-state index in [1.807, 2.05) is 25.1 Å². The molecule has 7 heteroatoms. The summed E-state index contributed by atoms with van der Waals surface area (Å²) < 4.78 is 0. The molecule has 2 aromatic rings. The fraction of sp³-hybridized carbons (Fsp3) is 0.235. The summed E-state index contributed by atoms with van der Waals surface area (Å²) in [4.78, 5) is 14.4. The second kappa shape index (κ2) is 7.44. The Labute approximate surface area is 160 Å². The Bertz CT molecular complexity index is 784. The van der Waals surface area contributed by atoms with Gasteiger partial charge in [-0.25, -0.2) is 4.79 Å². The third kappa shape index (κ3) is 3.77. The quantitative estimate of drug-likeness (QED) is 0.646. The maximum absolute atomic E-state index is 12.7. The minimum atomic E-state index is -0.170. The predicted octanol–water partition coefficient (Wildman–Crippen LogP) is 6.23. The van der Waals surface area contributed by atoms with Crippen LogP contribution < -0.4 is 5.32 Å². The van der Waals surface area contributed by atoms with Crippen molar-refractivity contribution in [3.63, 3.8) is 0 Å². The molecule has 1 heterocycles. The molecule has 126 valence electrons. The molecule has 0 saturated carbocycles. The van der Waals surface area contributed by atoms with Gasteiger partial charge < -0.3 is 10.2 Å². The number of nitrogens with zero attached hydrogens (tertiary/aromatic N) is 1. The Morgan fingerprint density at radius 2 is 1.96 bits per heavy atom. The first-order valence-electron chi connectivity index (χ1n) is 7.36. The number of benzene rings is 2. The molecule has 24 heavy (non-hydrogen) atoms. The normalized spacial score (nSPS) is 17.2. The van der Waals surface area contributed by atoms with E-state index in [0.717, 1.165) is 16.9 Å². The molecule has 1 atom stereocenters. The number of aryl methyl sites for hydroxylation is 1. The van der Waals surface area contributed by atoms with Gasteiger partial charge in [0.05, 0.1) is 0 Å². The van der Waals surface area contributed by atoms with Crippen molar-refractivity contribution >= 4 is 58.3 Å². The Morgan fingerprint density at radius 1 is 1.17 bits per heavy atom. The van der Waals surface area contributed by atoms with Crippen molar-refractivity contribution in [3.8, 4) is 0 Å². The highest BCUT2D eigenvalue weighted by Crippen LogP contribution is 2.41. The van der Waals surface area contributed by atoms with Crippen LogP contribution in [0, 0.1) is 6.92 Å². The fourth-order valence-corrected chi connectivity index (χ4v) is 4.55. The van der Waals surface area contributed by atoms with Gasteiger partial charge in [0.25, 0.3) is 0 Å². The number of halogens is 3. The molecule has 1 unspecified atom stereocenters. The number of anilines is 1. The number of carbonyl (C=O) groups excluding carboxylic acids is 1. The molecular weight excluding hydrogens is 387 g/mol. The van der Waals surface area contributed by atoms with Gasteiger partial charge in [-0.15, -0.1) is 11.8 Å². The Balaban J connectivity index is 1.79. The lowest BCUT2D eigenvalue weighted by Gasteiger charge is -2.25. The molecule has 3 rings (SSSR count). The average Bonchev–Trinajstić information content (AvgIpc) is 3.00. The smallest absolute Gasteiger partial charge is 0.308 e. The summed E-state index contributed by atoms with van der Waals surface area (Å²) >= 11 is 20.1. The topological polar surface area (TPSA) is 32.3 Å². The van der Waals surface area contributed by atoms with Crippen molar-refractivity contribution in [1.82, 2.24) is 4.90 Å². The zero-order chi connectivity index (χ0) is 17.3. The number of carbonyl (C=O) groups is 1. The monoisotopic (exact) mass is 400 g/mol. The molecule has 0 aromatic heterocycles. The maximum Gasteiger partial charge on any atom is 0.323 e. The summed E-state index contributed by atoms with van der Waals surface area (Å²) in [6.45, 7) is 2.57. The van der Waals surface area contributed by atoms with E-state index in [4.69, 9.17) is 34.8 Å². The van der Waals surface area contributed by atoms with Crippen LogP contribution in [-0.2, 0) is 0 Å². The zero-order valence-electron chi connectivity index (χ0n) is 12.9. The van der Waals surface area contributed by atoms with Crippen LogP contribution in [0.15, 0.2) is 36.4 Å². The summed E-state index contributed by atoms with van der Waals surface area (Å²) in [5.41, 5.74) is 2.53. The average molecular weight is 402 g/mol. The molecule has 1 aliphatic rings. The van der Waals surface area contributed by atoms with E-state index >= 15 is 0 Å². The molecule has 0 radical (unpaired) electrons. The van der Waals surface area contributed by atoms with Crippen molar-refractivity contribution in [2.75, 3.05) is 17.6 Å². The van der Waals surface area contributed by atoms with Crippen molar-refractivity contribution in [2.45, 2.75) is 12.3 Å². The van der Waals surface area contributed by atoms with E-state index in [1.54, 1.807) is 34.9 Å². The molecule has 0 spiro atoms. The first-order chi connectivity index (χ1) is 11.5. The Morgan fingerprint density at radius 3 is 2.67 bits per heavy atom. The molecule has 3 nitrogen and oxygen atoms in total. The minimum absolute atomic E-state index is 0.129. The van der Waals surface area contributed by atoms with E-state index in [9.17, 15) is 4.79 Å². The number of nitrogens with one attached hydrogen (secondary N) is 1. The van der Waals surface area contributed by atoms with Gasteiger partial charge in [0.15, 0.2) is 0 Å². The molecule has 1 N–H and O–H groups in total. The lowest BCUT2D eigenvalue weighted by molar-refractivity contribution is 0.214. The largest absolute Gasteiger partial charge is 0.323 e. The second-order valence-electron chi connectivity index (χ2n) is 5.48. The van der Waals surface area contributed by atoms with Crippen LogP contribution in [0.3, 0.4) is 0 Å². The highest BCUT2D eigenvalue weighted by Gasteiger charge is 2.32. The molecule has 0 bridgehead atoms. The van der Waals surface area contributed by atoms with Gasteiger partial charge in [0.2, 0.25) is 0 Å². The van der Waals surface area contributed by atoms with Gasteiger partial charge in [-0.05, 0) is 36.8 Å². The van der Waals surface area contributed by atoms with Crippen LogP contribution in [-0.4, -0.2) is 23.2 Å². The van der Waals surface area contributed by atoms with Gasteiger partial charge in [-0.2, -0.15) is 0 Å². The van der Waals surface area contributed by atoms with Gasteiger partial charge in [0, 0.05) is 38.6 Å². The lowest BCUT2D eigenvalue weighted by Crippen LogP contribution is -2.34. The highest BCUT2D eigenvalue weighted by molar-refractivity contribution is 7.99. The van der Waals surface area contributed by atoms with Gasteiger partial charge in [-0.3, -0.25) is 0 Å². The molecule has 2 aromatic carbocycles. The van der Waals surface area contributed by atoms with Crippen molar-refractivity contribution < 1.29 is 4.79 Å². The van der Waals surface area contributed by atoms with Crippen LogP contribution >= 0.6 is 46.6 Å². The van der Waals surface area contributed by atoms with E-state index in [1.165, 1.54) is 0 Å². The number of hydrogen-bond acceptors (Lipinski definition) is 2. The van der Waals surface area contributed by atoms with Crippen LogP contribution in [0.5, 0.6) is 0 Å². The molecule has 0 aliphatic carbocycles. The molecule has 1 fully saturated rings. The van der Waals surface area contributed by atoms with E-state index in [2.05, 4.69) is 5.32 Å². The number of thioether (sulfide) groups is 1. The van der Waals surface area contributed by atoms with Gasteiger partial charge >= 0.3 is 6.03 Å². The van der Waals surface area contributed by atoms with E-state index in [0.29, 0.717) is 27.3 Å². The minimum Gasteiger partial charge on any atom is -0.308 e. The SMILES string of the molecule is Cc1ccc(NC(=O)N2CCSC2c2ccc(Cl)cc2Cl)cc1Cl. The summed E-state index contributed by atoms with van der Waals surface area (Å²) in [5.74, 6) is 0.853. The third-order valence-electron chi connectivity index (χ3n) is 3.80. The first-order valence-corrected chi connectivity index (χ1v) is 9.54. The zero-order valence-corrected chi connectivity index (χ0v) is 15.9. The van der Waals surface area contributed by atoms with Gasteiger partial charge in [0.1, 0.15) is 5.37 Å². The predicted molar refractivity (Wildman–Crippen MR) is 104 cm³/mol. The van der Waals surface area contributed by atoms with Crippen molar-refractivity contribution in [2.24, 2.45) is 0 Å². The summed E-state index contributed by atoms with van der Waals surface area (Å²) in [5, 5.41) is 4.55. The van der Waals surface area contributed by atoms with E-state index < -0.39 is 0 Å². The Kier molecular flexibility index (Phi) is 5.50. The second-order valence-corrected chi connectivity index (χ2v) is 7.92. The van der Waals surface area contributed by atoms with Crippen LogP contribution in [0.4, 0.5) is 10.5 Å². The third-order valence-corrected chi connectivity index (χ3v) is 6.02. The molecular formula is C17H15Cl3N2OS. The van der Waals surface area contributed by atoms with Crippen molar-refractivity contribution in [3.05, 3.63) is 62.6 Å². The standard InChI is InChI=1S/C17H15Cl3N2OS/c1-10-2-4-12(9-14(10)19)21-17(23)22-6-7-24-16(22)13-5-3-11(18)8-15(13)20/h2-5,8-9,16H,6-7H2,1H3,(H,21,23). The van der Waals surface area contributed by atoms with Crippen molar-refractivity contribution in [1.29, 1.82) is 0 Å². The van der Waals surface area contributed by atoms with Crippen LogP contribution in [0.2, 0.25) is 15.1 Å². The van der Waals surface area contributed by atoms with Gasteiger partial charge in [-0.1, -0.05) is 46.9 Å². The fourth-order valence-electron chi connectivity index (χ4n) is 2.50. The molecule has 2 amide bonds. The van der Waals surface area contributed by atoms with Crippen LogP contribution in [0.25, 0.3) is 0 Å². The summed E-state index contributed by atoms with van der Waals surface area (Å²) in [7, 11) is 0. The van der Waals surface area contributed by atoms with Crippen LogP contribution in [0.1, 0.15) is 16.5 Å². The lowest BCUT2D eigenvalue weighted by atomic mass is 10.2. The highest BCUT2D eigenvalue weighted by atomic mass is 35.5. The number of rotatable bonds is 2. The van der Waals surface area contributed by atoms with E-state index in [-0.39, 0.29) is 11.4 Å². The first kappa shape index (κ1) is 17.7. The number of hydrogen-bond donors (Lipinski definition) is 1.